The summed E-state index contributed by atoms with van der Waals surface area (Å²) in [6.07, 6.45) is 13.8. The molecule has 0 bridgehead atoms. The summed E-state index contributed by atoms with van der Waals surface area (Å²) in [6.45, 7) is 22.7. The van der Waals surface area contributed by atoms with Gasteiger partial charge in [-0.2, -0.15) is 0 Å². The highest BCUT2D eigenvalue weighted by Gasteiger charge is 2.42. The van der Waals surface area contributed by atoms with Gasteiger partial charge in [-0.05, 0) is 64.6 Å². The van der Waals surface area contributed by atoms with E-state index in [1.165, 1.54) is 44.9 Å². The van der Waals surface area contributed by atoms with Crippen LogP contribution < -0.4 is 5.32 Å². The number of carbonyl (C=O) groups excluding carboxylic acids is 2. The van der Waals surface area contributed by atoms with Crippen molar-refractivity contribution < 1.29 is 23.5 Å². The zero-order valence-corrected chi connectivity index (χ0v) is 27.0. The first-order valence-electron chi connectivity index (χ1n) is 14.5. The average Bonchev–Trinajstić information content (AvgIpc) is 2.72. The van der Waals surface area contributed by atoms with Crippen LogP contribution in [0, 0.1) is 5.92 Å². The van der Waals surface area contributed by atoms with Crippen molar-refractivity contribution in [3.8, 4) is 0 Å². The molecule has 0 heterocycles. The van der Waals surface area contributed by atoms with E-state index in [1.807, 2.05) is 6.08 Å². The maximum atomic E-state index is 12.9. The van der Waals surface area contributed by atoms with Crippen LogP contribution in [-0.4, -0.2) is 44.7 Å². The molecule has 2 atom stereocenters. The van der Waals surface area contributed by atoms with Gasteiger partial charge in [0.25, 0.3) is 0 Å². The topological polar surface area (TPSA) is 73.9 Å². The lowest BCUT2D eigenvalue weighted by molar-refractivity contribution is -0.147. The van der Waals surface area contributed by atoms with Crippen molar-refractivity contribution in [2.75, 3.05) is 6.61 Å². The van der Waals surface area contributed by atoms with Crippen molar-refractivity contribution in [2.24, 2.45) is 5.92 Å². The smallest absolute Gasteiger partial charge is 0.408 e. The Morgan fingerprint density at radius 3 is 1.92 bits per heavy atom. The maximum absolute atomic E-state index is 12.9. The number of allylic oxidation sites excluding steroid dienone is 1. The van der Waals surface area contributed by atoms with Gasteiger partial charge in [-0.15, -0.1) is 0 Å². The number of nitrogens with one attached hydrogen (secondary N) is 1. The molecule has 37 heavy (non-hydrogen) atoms. The average molecular weight is 542 g/mol. The second-order valence-corrected chi connectivity index (χ2v) is 17.8. The first-order valence-corrected chi connectivity index (χ1v) is 17.4. The van der Waals surface area contributed by atoms with Crippen molar-refractivity contribution >= 4 is 20.4 Å². The molecule has 0 aromatic carbocycles. The highest BCUT2D eigenvalue weighted by Crippen LogP contribution is 2.38. The van der Waals surface area contributed by atoms with Crippen LogP contribution >= 0.6 is 0 Å². The third kappa shape index (κ3) is 17.0. The molecule has 0 unspecified atom stereocenters. The fourth-order valence-electron chi connectivity index (χ4n) is 3.61. The first kappa shape index (κ1) is 35.7. The molecule has 0 spiro atoms. The number of alkyl carbamates (subject to hydrolysis) is 1. The number of ether oxygens (including phenoxy) is 2. The van der Waals surface area contributed by atoms with Gasteiger partial charge in [0, 0.05) is 0 Å². The van der Waals surface area contributed by atoms with E-state index >= 15 is 0 Å². The summed E-state index contributed by atoms with van der Waals surface area (Å²) in [7, 11) is -2.25. The Morgan fingerprint density at radius 2 is 1.43 bits per heavy atom. The number of hydrogen-bond acceptors (Lipinski definition) is 5. The molecule has 1 amide bonds. The monoisotopic (exact) mass is 541 g/mol. The fraction of sp³-hybridized carbons (Fsp3) is 0.867. The summed E-state index contributed by atoms with van der Waals surface area (Å²) in [5.74, 6) is 0.290. The molecular weight excluding hydrogens is 482 g/mol. The molecule has 0 saturated carbocycles. The van der Waals surface area contributed by atoms with Crippen molar-refractivity contribution in [3.63, 3.8) is 0 Å². The molecular formula is C30H59NO5Si. The van der Waals surface area contributed by atoms with Crippen LogP contribution in [0.3, 0.4) is 0 Å². The molecule has 218 valence electrons. The summed E-state index contributed by atoms with van der Waals surface area (Å²) in [5, 5.41) is 2.68. The van der Waals surface area contributed by atoms with E-state index in [9.17, 15) is 9.59 Å². The lowest BCUT2D eigenvalue weighted by atomic mass is 10.0. The molecule has 0 radical (unpaired) electrons. The second kappa shape index (κ2) is 17.3. The van der Waals surface area contributed by atoms with Crippen LogP contribution in [0.1, 0.15) is 120 Å². The Hall–Kier alpha value is -1.34. The van der Waals surface area contributed by atoms with E-state index in [0.29, 0.717) is 0 Å². The Morgan fingerprint density at radius 1 is 0.892 bits per heavy atom. The Bertz CT molecular complexity index is 676. The number of amides is 1. The van der Waals surface area contributed by atoms with E-state index < -0.39 is 38.1 Å². The van der Waals surface area contributed by atoms with E-state index in [4.69, 9.17) is 13.9 Å². The molecule has 0 aromatic heterocycles. The standard InChI is InChI=1S/C30H59NO5Si/c1-12-34-27(32)26(31-28(33)35-29(4,5)6)25(36-37(10,11)30(7,8)9)23-21-19-17-15-13-14-16-18-20-22-24(2)3/h21,23-26H,12-20,22H2,1-11H3,(H,31,33)/b23-21+/t25-,26-/m1/s1. The van der Waals surface area contributed by atoms with E-state index in [-0.39, 0.29) is 11.6 Å². The van der Waals surface area contributed by atoms with Crippen LogP contribution in [0.25, 0.3) is 0 Å². The van der Waals surface area contributed by atoms with Gasteiger partial charge in [0.2, 0.25) is 0 Å². The van der Waals surface area contributed by atoms with E-state index in [2.05, 4.69) is 59.1 Å². The van der Waals surface area contributed by atoms with E-state index in [0.717, 1.165) is 18.8 Å². The lowest BCUT2D eigenvalue weighted by Crippen LogP contribution is -2.55. The zero-order valence-electron chi connectivity index (χ0n) is 26.0. The van der Waals surface area contributed by atoms with Crippen molar-refractivity contribution in [3.05, 3.63) is 12.2 Å². The highest BCUT2D eigenvalue weighted by atomic mass is 28.4. The fourth-order valence-corrected chi connectivity index (χ4v) is 4.85. The zero-order chi connectivity index (χ0) is 28.7. The number of esters is 1. The van der Waals surface area contributed by atoms with E-state index in [1.54, 1.807) is 27.7 Å². The van der Waals surface area contributed by atoms with Crippen LogP contribution in [0.15, 0.2) is 12.2 Å². The van der Waals surface area contributed by atoms with Gasteiger partial charge >= 0.3 is 12.1 Å². The highest BCUT2D eigenvalue weighted by molar-refractivity contribution is 6.74. The Kier molecular flexibility index (Phi) is 16.7. The van der Waals surface area contributed by atoms with Crippen LogP contribution in [-0.2, 0) is 18.7 Å². The minimum absolute atomic E-state index is 0.0562. The van der Waals surface area contributed by atoms with Crippen molar-refractivity contribution in [2.45, 2.75) is 156 Å². The summed E-state index contributed by atoms with van der Waals surface area (Å²) in [6, 6.07) is -0.981. The van der Waals surface area contributed by atoms with Gasteiger partial charge in [0.15, 0.2) is 14.4 Å². The molecule has 0 aromatic rings. The summed E-state index contributed by atoms with van der Waals surface area (Å²) in [4.78, 5) is 25.6. The van der Waals surface area contributed by atoms with Crippen LogP contribution in [0.4, 0.5) is 4.79 Å². The lowest BCUT2D eigenvalue weighted by Gasteiger charge is -2.40. The minimum atomic E-state index is -2.25. The number of unbranched alkanes of at least 4 members (excludes halogenated alkanes) is 7. The van der Waals surface area contributed by atoms with Gasteiger partial charge in [-0.3, -0.25) is 0 Å². The van der Waals surface area contributed by atoms with Crippen molar-refractivity contribution in [1.82, 2.24) is 5.32 Å². The van der Waals surface area contributed by atoms with Gasteiger partial charge in [0.05, 0.1) is 12.7 Å². The first-order chi connectivity index (χ1) is 17.0. The molecule has 0 aliphatic carbocycles. The summed E-state index contributed by atoms with van der Waals surface area (Å²) in [5.41, 5.74) is -0.677. The summed E-state index contributed by atoms with van der Waals surface area (Å²) < 4.78 is 17.4. The molecule has 0 fully saturated rings. The molecule has 1 N–H and O–H groups in total. The third-order valence-corrected chi connectivity index (χ3v) is 11.2. The third-order valence-electron chi connectivity index (χ3n) is 6.76. The molecule has 7 heteroatoms. The largest absolute Gasteiger partial charge is 0.464 e. The maximum Gasteiger partial charge on any atom is 0.408 e. The van der Waals surface area contributed by atoms with Gasteiger partial charge in [-0.1, -0.05) is 91.7 Å². The normalized spacial score (nSPS) is 14.6. The molecule has 0 aliphatic rings. The quantitative estimate of drug-likeness (QED) is 0.0864. The Balaban J connectivity index is 5.26. The molecule has 0 rings (SSSR count). The number of carbonyl (C=O) groups is 2. The predicted molar refractivity (Wildman–Crippen MR) is 157 cm³/mol. The number of hydrogen-bond donors (Lipinski definition) is 1. The Labute approximate surface area is 229 Å². The van der Waals surface area contributed by atoms with Crippen LogP contribution in [0.5, 0.6) is 0 Å². The molecule has 0 aliphatic heterocycles. The van der Waals surface area contributed by atoms with Crippen molar-refractivity contribution in [1.29, 1.82) is 0 Å². The van der Waals surface area contributed by atoms with Gasteiger partial charge in [-0.25, -0.2) is 9.59 Å². The van der Waals surface area contributed by atoms with Gasteiger partial charge in [0.1, 0.15) is 5.60 Å². The minimum Gasteiger partial charge on any atom is -0.464 e. The second-order valence-electron chi connectivity index (χ2n) is 13.1. The van der Waals surface area contributed by atoms with Crippen LogP contribution in [0.2, 0.25) is 18.1 Å². The van der Waals surface area contributed by atoms with Gasteiger partial charge < -0.3 is 19.2 Å². The predicted octanol–water partition coefficient (Wildman–Crippen LogP) is 8.56. The molecule has 0 saturated heterocycles. The SMILES string of the molecule is CCOC(=O)[C@H](NC(=O)OC(C)(C)C)[C@@H](/C=C/CCCCCCCCCC(C)C)O[Si](C)(C)C(C)(C)C. The number of rotatable bonds is 17. The molecule has 6 nitrogen and oxygen atoms in total. The summed E-state index contributed by atoms with van der Waals surface area (Å²) >= 11 is 0.